The second-order valence-electron chi connectivity index (χ2n) is 11.8. The van der Waals surface area contributed by atoms with Crippen LogP contribution in [-0.4, -0.2) is 38.9 Å². The lowest BCUT2D eigenvalue weighted by atomic mass is 9.80. The second kappa shape index (κ2) is 14.0. The van der Waals surface area contributed by atoms with E-state index < -0.39 is 47.7 Å². The van der Waals surface area contributed by atoms with Crippen LogP contribution in [0.2, 0.25) is 0 Å². The Hall–Kier alpha value is -3.98. The minimum Gasteiger partial charge on any atom is -0.481 e. The third-order valence-corrected chi connectivity index (χ3v) is 8.27. The van der Waals surface area contributed by atoms with E-state index in [0.29, 0.717) is 57.1 Å². The Labute approximate surface area is 265 Å². The van der Waals surface area contributed by atoms with Gasteiger partial charge in [0.05, 0.1) is 16.7 Å². The van der Waals surface area contributed by atoms with Crippen LogP contribution in [0.25, 0.3) is 0 Å². The van der Waals surface area contributed by atoms with Gasteiger partial charge in [0.2, 0.25) is 0 Å². The lowest BCUT2D eigenvalue weighted by molar-refractivity contribution is -0.143. The molecule has 1 aromatic carbocycles. The molecular formula is C31H34F9N5O2. The topological polar surface area (TPSA) is 74.5 Å². The number of alkyl halides is 9. The van der Waals surface area contributed by atoms with Crippen molar-refractivity contribution in [2.75, 3.05) is 22.9 Å². The number of rotatable bonds is 11. The summed E-state index contributed by atoms with van der Waals surface area (Å²) in [5.41, 5.74) is -4.42. The van der Waals surface area contributed by atoms with Crippen LogP contribution in [0.4, 0.5) is 51.1 Å². The summed E-state index contributed by atoms with van der Waals surface area (Å²) >= 11 is 0. The molecule has 0 spiro atoms. The van der Waals surface area contributed by atoms with Crippen molar-refractivity contribution in [2.45, 2.75) is 70.6 Å². The van der Waals surface area contributed by atoms with Crippen molar-refractivity contribution in [1.29, 1.82) is 0 Å². The summed E-state index contributed by atoms with van der Waals surface area (Å²) < 4.78 is 125. The molecule has 0 radical (unpaired) electrons. The fourth-order valence-electron chi connectivity index (χ4n) is 5.93. The van der Waals surface area contributed by atoms with Crippen molar-refractivity contribution in [1.82, 2.24) is 14.8 Å². The monoisotopic (exact) mass is 679 g/mol. The van der Waals surface area contributed by atoms with Gasteiger partial charge in [0.1, 0.15) is 5.82 Å². The molecule has 7 nitrogen and oxygen atoms in total. The third-order valence-electron chi connectivity index (χ3n) is 8.27. The highest BCUT2D eigenvalue weighted by molar-refractivity contribution is 5.67. The van der Waals surface area contributed by atoms with Gasteiger partial charge in [-0.3, -0.25) is 9.48 Å². The van der Waals surface area contributed by atoms with Gasteiger partial charge in [-0.2, -0.15) is 44.6 Å². The molecule has 1 saturated carbocycles. The van der Waals surface area contributed by atoms with Crippen LogP contribution in [0, 0.1) is 11.8 Å². The van der Waals surface area contributed by atoms with Crippen LogP contribution >= 0.6 is 0 Å². The van der Waals surface area contributed by atoms with E-state index in [4.69, 9.17) is 5.11 Å². The molecule has 0 saturated heterocycles. The van der Waals surface area contributed by atoms with Crippen molar-refractivity contribution < 1.29 is 49.4 Å². The van der Waals surface area contributed by atoms with Gasteiger partial charge >= 0.3 is 24.5 Å². The molecule has 258 valence electrons. The van der Waals surface area contributed by atoms with E-state index in [-0.39, 0.29) is 53.6 Å². The summed E-state index contributed by atoms with van der Waals surface area (Å²) in [5, 5.41) is 13.3. The van der Waals surface area contributed by atoms with Crippen LogP contribution in [-0.2, 0) is 43.5 Å². The van der Waals surface area contributed by atoms with Crippen LogP contribution in [0.5, 0.6) is 0 Å². The summed E-state index contributed by atoms with van der Waals surface area (Å²) in [5.74, 6) is -0.427. The first-order valence-electron chi connectivity index (χ1n) is 14.9. The summed E-state index contributed by atoms with van der Waals surface area (Å²) in [4.78, 5) is 18.4. The molecule has 2 aromatic heterocycles. The predicted octanol–water partition coefficient (Wildman–Crippen LogP) is 8.19. The molecule has 3 aromatic rings. The largest absolute Gasteiger partial charge is 0.481 e. The summed E-state index contributed by atoms with van der Waals surface area (Å²) in [6.45, 7) is 1.62. The molecule has 1 fully saturated rings. The fourth-order valence-corrected chi connectivity index (χ4v) is 5.93. The molecule has 16 heteroatoms. The van der Waals surface area contributed by atoms with Crippen LogP contribution in [0.15, 0.2) is 42.7 Å². The number of aliphatic carboxylic acids is 1. The van der Waals surface area contributed by atoms with E-state index in [9.17, 15) is 44.3 Å². The molecule has 0 bridgehead atoms. The smallest absolute Gasteiger partial charge is 0.417 e. The maximum Gasteiger partial charge on any atom is 0.417 e. The van der Waals surface area contributed by atoms with E-state index in [1.165, 1.54) is 28.9 Å². The Balaban J connectivity index is 1.72. The van der Waals surface area contributed by atoms with E-state index in [1.807, 2.05) is 0 Å². The number of carbonyl (C=O) groups is 1. The first-order chi connectivity index (χ1) is 21.8. The van der Waals surface area contributed by atoms with Gasteiger partial charge in [-0.15, -0.1) is 0 Å². The molecule has 0 aliphatic heterocycles. The SMILES string of the molecule is CCN(C[C@H]1CC[C@H](CC(=O)O)CC1)c1ncc(C(F)(F)F)cc1CN(Cc1cc(C(F)(F)F)cc(C(F)(F)F)c1)c1ccn(C)n1. The quantitative estimate of drug-likeness (QED) is 0.206. The lowest BCUT2D eigenvalue weighted by Gasteiger charge is -2.34. The third kappa shape index (κ3) is 9.53. The first kappa shape index (κ1) is 35.9. The number of benzene rings is 1. The molecule has 1 N–H and O–H groups in total. The number of carboxylic acids is 1. The number of hydrogen-bond donors (Lipinski definition) is 1. The number of pyridine rings is 1. The van der Waals surface area contributed by atoms with Crippen LogP contribution in [0.1, 0.15) is 66.8 Å². The lowest BCUT2D eigenvalue weighted by Crippen LogP contribution is -2.34. The van der Waals surface area contributed by atoms with E-state index in [0.717, 1.165) is 6.07 Å². The molecule has 1 aliphatic carbocycles. The van der Waals surface area contributed by atoms with E-state index >= 15 is 0 Å². The zero-order chi connectivity index (χ0) is 34.7. The van der Waals surface area contributed by atoms with Gasteiger partial charge in [0, 0.05) is 63.7 Å². The van der Waals surface area contributed by atoms with Gasteiger partial charge in [-0.25, -0.2) is 4.98 Å². The number of aryl methyl sites for hydroxylation is 1. The summed E-state index contributed by atoms with van der Waals surface area (Å²) in [6, 6.07) is 3.51. The number of nitrogens with zero attached hydrogens (tertiary/aromatic N) is 5. The Morgan fingerprint density at radius 1 is 0.851 bits per heavy atom. The zero-order valence-electron chi connectivity index (χ0n) is 25.6. The molecule has 2 heterocycles. The highest BCUT2D eigenvalue weighted by Gasteiger charge is 2.37. The van der Waals surface area contributed by atoms with Crippen molar-refractivity contribution >= 4 is 17.6 Å². The second-order valence-corrected chi connectivity index (χ2v) is 11.8. The van der Waals surface area contributed by atoms with Gasteiger partial charge < -0.3 is 14.9 Å². The minimum atomic E-state index is -5.08. The Morgan fingerprint density at radius 3 is 1.91 bits per heavy atom. The van der Waals surface area contributed by atoms with E-state index in [2.05, 4.69) is 10.1 Å². The normalized spacial score (nSPS) is 17.5. The molecular weight excluding hydrogens is 645 g/mol. The molecule has 4 rings (SSSR count). The number of anilines is 2. The van der Waals surface area contributed by atoms with Gasteiger partial charge in [-0.1, -0.05) is 0 Å². The van der Waals surface area contributed by atoms with Crippen molar-refractivity contribution in [3.63, 3.8) is 0 Å². The molecule has 1 aliphatic rings. The Morgan fingerprint density at radius 2 is 1.43 bits per heavy atom. The Kier molecular flexibility index (Phi) is 10.7. The highest BCUT2D eigenvalue weighted by atomic mass is 19.4. The van der Waals surface area contributed by atoms with Crippen molar-refractivity contribution in [3.05, 3.63) is 70.5 Å². The Bertz CT molecular complexity index is 1490. The number of halogens is 9. The van der Waals surface area contributed by atoms with Crippen molar-refractivity contribution in [3.8, 4) is 0 Å². The summed E-state index contributed by atoms with van der Waals surface area (Å²) in [7, 11) is 1.54. The van der Waals surface area contributed by atoms with Crippen LogP contribution < -0.4 is 9.80 Å². The molecule has 0 amide bonds. The maximum absolute atomic E-state index is 13.9. The van der Waals surface area contributed by atoms with Crippen molar-refractivity contribution in [2.24, 2.45) is 18.9 Å². The maximum atomic E-state index is 13.9. The highest BCUT2D eigenvalue weighted by Crippen LogP contribution is 2.38. The fraction of sp³-hybridized carbons (Fsp3) is 0.516. The molecule has 47 heavy (non-hydrogen) atoms. The zero-order valence-corrected chi connectivity index (χ0v) is 25.6. The first-order valence-corrected chi connectivity index (χ1v) is 14.9. The van der Waals surface area contributed by atoms with Gasteiger partial charge in [0.15, 0.2) is 5.82 Å². The molecule has 0 atom stereocenters. The van der Waals surface area contributed by atoms with E-state index in [1.54, 1.807) is 11.8 Å². The number of aromatic nitrogens is 3. The molecule has 0 unspecified atom stereocenters. The predicted molar refractivity (Wildman–Crippen MR) is 154 cm³/mol. The van der Waals surface area contributed by atoms with Crippen LogP contribution in [0.3, 0.4) is 0 Å². The van der Waals surface area contributed by atoms with Gasteiger partial charge in [0.25, 0.3) is 0 Å². The average Bonchev–Trinajstić information content (AvgIpc) is 3.41. The number of hydrogen-bond acceptors (Lipinski definition) is 5. The standard InChI is InChI=1S/C31H34F9N5O2/c1-3-44(16-20-6-4-19(5-7-20)12-27(46)47)28-22(13-25(15-41-28)31(38,39)40)18-45(26-8-9-43(2)42-26)17-21-10-23(29(32,33)34)14-24(11-21)30(35,36)37/h8-11,13-15,19-20H,3-7,12,16-18H2,1-2H3,(H,46,47)/t19-,20-. The number of carboxylic acid groups (broad SMARTS) is 1. The summed E-state index contributed by atoms with van der Waals surface area (Å²) in [6.07, 6.45) is -9.91. The van der Waals surface area contributed by atoms with Gasteiger partial charge in [-0.05, 0) is 74.3 Å². The average molecular weight is 680 g/mol. The minimum absolute atomic E-state index is 0.0116.